The Bertz CT molecular complexity index is 243. The van der Waals surface area contributed by atoms with Gasteiger partial charge < -0.3 is 4.74 Å². The van der Waals surface area contributed by atoms with Crippen molar-refractivity contribution in [3.8, 4) is 0 Å². The summed E-state index contributed by atoms with van der Waals surface area (Å²) in [7, 11) is 0. The first kappa shape index (κ1) is 13.5. The van der Waals surface area contributed by atoms with Crippen LogP contribution in [0.25, 0.3) is 0 Å². The predicted octanol–water partition coefficient (Wildman–Crippen LogP) is 3.79. The van der Waals surface area contributed by atoms with Gasteiger partial charge in [-0.25, -0.2) is 0 Å². The van der Waals surface area contributed by atoms with Gasteiger partial charge in [-0.05, 0) is 30.6 Å². The lowest BCUT2D eigenvalue weighted by Crippen LogP contribution is -2.30. The summed E-state index contributed by atoms with van der Waals surface area (Å²) in [5.74, 6) is 0.442. The first-order chi connectivity index (χ1) is 7.32. The van der Waals surface area contributed by atoms with Gasteiger partial charge in [0.15, 0.2) is 0 Å². The van der Waals surface area contributed by atoms with Gasteiger partial charge in [-0.15, -0.1) is 0 Å². The van der Waals surface area contributed by atoms with Gasteiger partial charge in [0.1, 0.15) is 6.10 Å². The minimum Gasteiger partial charge on any atom is -0.462 e. The van der Waals surface area contributed by atoms with Gasteiger partial charge in [0.2, 0.25) is 0 Å². The smallest absolute Gasteiger partial charge is 0.308 e. The molecule has 0 aromatic rings. The Kier molecular flexibility index (Phi) is 4.40. The maximum atomic E-state index is 11.7. The second-order valence-corrected chi connectivity index (χ2v) is 6.37. The third-order valence-corrected chi connectivity index (χ3v) is 3.64. The molecule has 1 fully saturated rings. The predicted molar refractivity (Wildman–Crippen MR) is 66.1 cm³/mol. The molecule has 0 aromatic carbocycles. The van der Waals surface area contributed by atoms with E-state index in [1.165, 1.54) is 19.3 Å². The van der Waals surface area contributed by atoms with Gasteiger partial charge in [0.25, 0.3) is 0 Å². The molecule has 0 amide bonds. The molecule has 0 heterocycles. The molecule has 1 aliphatic rings. The maximum absolute atomic E-state index is 11.7. The highest BCUT2D eigenvalue weighted by Gasteiger charge is 2.32. The highest BCUT2D eigenvalue weighted by molar-refractivity contribution is 5.71. The molecule has 2 nitrogen and oxygen atoms in total. The maximum Gasteiger partial charge on any atom is 0.308 e. The van der Waals surface area contributed by atoms with Crippen LogP contribution in [0, 0.1) is 17.3 Å². The molecule has 0 aliphatic heterocycles. The Balaban J connectivity index is 2.64. The van der Waals surface area contributed by atoms with Gasteiger partial charge >= 0.3 is 5.97 Å². The average Bonchev–Trinajstić information content (AvgIpc) is 2.26. The molecular weight excluding hydrogens is 200 g/mol. The number of ether oxygens (including phenoxy) is 1. The summed E-state index contributed by atoms with van der Waals surface area (Å²) in [5, 5.41) is 0. The summed E-state index contributed by atoms with van der Waals surface area (Å²) in [5.41, 5.74) is 0.312. The van der Waals surface area contributed by atoms with Crippen molar-refractivity contribution in [2.75, 3.05) is 0 Å². The van der Waals surface area contributed by atoms with E-state index in [1.54, 1.807) is 0 Å². The van der Waals surface area contributed by atoms with Crippen molar-refractivity contribution in [1.82, 2.24) is 0 Å². The second kappa shape index (κ2) is 5.20. The van der Waals surface area contributed by atoms with Gasteiger partial charge in [-0.2, -0.15) is 0 Å². The normalized spacial score (nSPS) is 29.9. The topological polar surface area (TPSA) is 26.3 Å². The Morgan fingerprint density at radius 1 is 1.38 bits per heavy atom. The van der Waals surface area contributed by atoms with Crippen molar-refractivity contribution in [3.05, 3.63) is 0 Å². The van der Waals surface area contributed by atoms with E-state index in [2.05, 4.69) is 20.8 Å². The van der Waals surface area contributed by atoms with Crippen molar-refractivity contribution in [2.45, 2.75) is 66.4 Å². The monoisotopic (exact) mass is 226 g/mol. The number of rotatable bonds is 2. The standard InChI is InChI=1S/C14H26O2/c1-10(2)13(15)16-12-9-14(4,5)8-6-7-11(12)3/h10-12H,6-9H2,1-5H3. The molecule has 0 N–H and O–H groups in total. The first-order valence-corrected chi connectivity index (χ1v) is 6.52. The van der Waals surface area contributed by atoms with Gasteiger partial charge in [-0.1, -0.05) is 41.0 Å². The first-order valence-electron chi connectivity index (χ1n) is 6.52. The quantitative estimate of drug-likeness (QED) is 0.529. The highest BCUT2D eigenvalue weighted by Crippen LogP contribution is 2.37. The molecule has 0 bridgehead atoms. The van der Waals surface area contributed by atoms with Crippen LogP contribution in [0.5, 0.6) is 0 Å². The van der Waals surface area contributed by atoms with E-state index < -0.39 is 0 Å². The molecule has 0 spiro atoms. The van der Waals surface area contributed by atoms with Crippen molar-refractivity contribution < 1.29 is 9.53 Å². The molecule has 2 atom stereocenters. The third kappa shape index (κ3) is 3.80. The number of carbonyl (C=O) groups is 1. The Hall–Kier alpha value is -0.530. The zero-order valence-electron chi connectivity index (χ0n) is 11.4. The Morgan fingerprint density at radius 2 is 2.00 bits per heavy atom. The van der Waals surface area contributed by atoms with Crippen LogP contribution < -0.4 is 0 Å². The number of carbonyl (C=O) groups excluding carboxylic acids is 1. The fraction of sp³-hybridized carbons (Fsp3) is 0.929. The van der Waals surface area contributed by atoms with Crippen LogP contribution >= 0.6 is 0 Å². The summed E-state index contributed by atoms with van der Waals surface area (Å²) in [4.78, 5) is 11.7. The fourth-order valence-corrected chi connectivity index (χ4v) is 2.38. The summed E-state index contributed by atoms with van der Waals surface area (Å²) in [6.45, 7) is 10.6. The van der Waals surface area contributed by atoms with Crippen LogP contribution in [0.1, 0.15) is 60.3 Å². The van der Waals surface area contributed by atoms with Crippen molar-refractivity contribution in [2.24, 2.45) is 17.3 Å². The minimum absolute atomic E-state index is 0.0152. The van der Waals surface area contributed by atoms with Crippen LogP contribution in [0.15, 0.2) is 0 Å². The van der Waals surface area contributed by atoms with Crippen LogP contribution in [-0.2, 0) is 9.53 Å². The van der Waals surface area contributed by atoms with E-state index in [9.17, 15) is 4.79 Å². The largest absolute Gasteiger partial charge is 0.462 e. The second-order valence-electron chi connectivity index (χ2n) is 6.37. The molecule has 2 heteroatoms. The van der Waals surface area contributed by atoms with Crippen molar-refractivity contribution >= 4 is 5.97 Å². The number of hydrogen-bond donors (Lipinski definition) is 0. The lowest BCUT2D eigenvalue weighted by Gasteiger charge is -2.29. The molecule has 0 radical (unpaired) electrons. The van der Waals surface area contributed by atoms with Crippen LogP contribution in [0.2, 0.25) is 0 Å². The van der Waals surface area contributed by atoms with Gasteiger partial charge in [-0.3, -0.25) is 4.79 Å². The van der Waals surface area contributed by atoms with Crippen LogP contribution in [-0.4, -0.2) is 12.1 Å². The van der Waals surface area contributed by atoms with Crippen molar-refractivity contribution in [1.29, 1.82) is 0 Å². The molecular formula is C14H26O2. The summed E-state index contributed by atoms with van der Waals surface area (Å²) < 4.78 is 5.64. The Morgan fingerprint density at radius 3 is 2.56 bits per heavy atom. The van der Waals surface area contributed by atoms with E-state index in [0.29, 0.717) is 11.3 Å². The molecule has 0 aromatic heterocycles. The lowest BCUT2D eigenvalue weighted by molar-refractivity contribution is -0.156. The minimum atomic E-state index is -0.0467. The Labute approximate surface area is 99.8 Å². The zero-order valence-corrected chi connectivity index (χ0v) is 11.4. The van der Waals surface area contributed by atoms with Crippen molar-refractivity contribution in [3.63, 3.8) is 0 Å². The summed E-state index contributed by atoms with van der Waals surface area (Å²) in [6.07, 6.45) is 4.80. The van der Waals surface area contributed by atoms with E-state index in [0.717, 1.165) is 6.42 Å². The number of esters is 1. The van der Waals surface area contributed by atoms with E-state index in [-0.39, 0.29) is 18.0 Å². The van der Waals surface area contributed by atoms with E-state index >= 15 is 0 Å². The van der Waals surface area contributed by atoms with Gasteiger partial charge in [0, 0.05) is 0 Å². The van der Waals surface area contributed by atoms with Crippen LogP contribution in [0.4, 0.5) is 0 Å². The molecule has 94 valence electrons. The van der Waals surface area contributed by atoms with E-state index in [4.69, 9.17) is 4.74 Å². The molecule has 2 unspecified atom stereocenters. The molecule has 1 aliphatic carbocycles. The third-order valence-electron chi connectivity index (χ3n) is 3.64. The highest BCUT2D eigenvalue weighted by atomic mass is 16.5. The zero-order chi connectivity index (χ0) is 12.3. The number of hydrogen-bond acceptors (Lipinski definition) is 2. The summed E-state index contributed by atoms with van der Waals surface area (Å²) in [6, 6.07) is 0. The average molecular weight is 226 g/mol. The van der Waals surface area contributed by atoms with E-state index in [1.807, 2.05) is 13.8 Å². The van der Waals surface area contributed by atoms with Gasteiger partial charge in [0.05, 0.1) is 5.92 Å². The summed E-state index contributed by atoms with van der Waals surface area (Å²) >= 11 is 0. The fourth-order valence-electron chi connectivity index (χ4n) is 2.38. The molecule has 16 heavy (non-hydrogen) atoms. The molecule has 0 saturated heterocycles. The lowest BCUT2D eigenvalue weighted by atomic mass is 9.83. The van der Waals surface area contributed by atoms with Crippen LogP contribution in [0.3, 0.4) is 0 Å². The molecule has 1 saturated carbocycles. The molecule has 1 rings (SSSR count). The SMILES string of the molecule is CC(C)C(=O)OC1CC(C)(C)CCCC1C.